The van der Waals surface area contributed by atoms with Gasteiger partial charge in [0.25, 0.3) is 0 Å². The Balaban J connectivity index is 2.10. The molecule has 2 atom stereocenters. The first-order chi connectivity index (χ1) is 8.54. The minimum absolute atomic E-state index is 0.137. The molecule has 18 heavy (non-hydrogen) atoms. The van der Waals surface area contributed by atoms with E-state index in [-0.39, 0.29) is 22.9 Å². The standard InChI is InChI=1S/C12H15ClN2O3/c1-7-4-9(2-3-18-7)14-11-6-8(12(16)17)5-10(13)15-11/h5-7,9H,2-4H2,1H3,(H,14,15)(H,16,17). The number of rotatable bonds is 3. The summed E-state index contributed by atoms with van der Waals surface area (Å²) in [6, 6.07) is 3.07. The fourth-order valence-electron chi connectivity index (χ4n) is 2.03. The lowest BCUT2D eigenvalue weighted by molar-refractivity contribution is 0.0231. The van der Waals surface area contributed by atoms with Crippen LogP contribution in [-0.2, 0) is 4.74 Å². The van der Waals surface area contributed by atoms with Gasteiger partial charge < -0.3 is 15.2 Å². The molecule has 0 spiro atoms. The first-order valence-corrected chi connectivity index (χ1v) is 6.21. The number of nitrogens with one attached hydrogen (secondary N) is 1. The smallest absolute Gasteiger partial charge is 0.335 e. The fourth-order valence-corrected chi connectivity index (χ4v) is 2.24. The van der Waals surface area contributed by atoms with E-state index < -0.39 is 5.97 Å². The maximum absolute atomic E-state index is 10.9. The number of halogens is 1. The predicted octanol–water partition coefficient (Wildman–Crippen LogP) is 2.41. The SMILES string of the molecule is CC1CC(Nc2cc(C(=O)O)cc(Cl)n2)CCO1. The molecule has 2 rings (SSSR count). The largest absolute Gasteiger partial charge is 0.478 e. The zero-order valence-corrected chi connectivity index (χ0v) is 10.8. The molecule has 1 fully saturated rings. The first kappa shape index (κ1) is 13.1. The Kier molecular flexibility index (Phi) is 4.04. The average molecular weight is 271 g/mol. The Hall–Kier alpha value is -1.33. The number of carboxylic acid groups (broad SMARTS) is 1. The van der Waals surface area contributed by atoms with Gasteiger partial charge in [-0.3, -0.25) is 0 Å². The number of anilines is 1. The van der Waals surface area contributed by atoms with E-state index in [1.54, 1.807) is 0 Å². The van der Waals surface area contributed by atoms with Crippen LogP contribution in [0.25, 0.3) is 0 Å². The minimum Gasteiger partial charge on any atom is -0.478 e. The van der Waals surface area contributed by atoms with Gasteiger partial charge in [0.1, 0.15) is 11.0 Å². The minimum atomic E-state index is -1.01. The third-order valence-electron chi connectivity index (χ3n) is 2.88. The Bertz CT molecular complexity index is 453. The second-order valence-electron chi connectivity index (χ2n) is 4.42. The van der Waals surface area contributed by atoms with Gasteiger partial charge in [-0.2, -0.15) is 0 Å². The van der Waals surface area contributed by atoms with E-state index in [2.05, 4.69) is 10.3 Å². The van der Waals surface area contributed by atoms with Gasteiger partial charge in [-0.1, -0.05) is 11.6 Å². The summed E-state index contributed by atoms with van der Waals surface area (Å²) in [6.07, 6.45) is 1.95. The van der Waals surface area contributed by atoms with Crippen molar-refractivity contribution in [3.05, 3.63) is 22.8 Å². The van der Waals surface area contributed by atoms with Crippen molar-refractivity contribution in [2.24, 2.45) is 0 Å². The molecule has 0 radical (unpaired) electrons. The van der Waals surface area contributed by atoms with Gasteiger partial charge in [-0.25, -0.2) is 9.78 Å². The van der Waals surface area contributed by atoms with E-state index in [0.717, 1.165) is 12.8 Å². The van der Waals surface area contributed by atoms with Crippen LogP contribution in [0.4, 0.5) is 5.82 Å². The lowest BCUT2D eigenvalue weighted by Crippen LogP contribution is -2.32. The summed E-state index contributed by atoms with van der Waals surface area (Å²) in [5, 5.41) is 12.3. The molecule has 0 amide bonds. The Morgan fingerprint density at radius 3 is 3.06 bits per heavy atom. The number of carbonyl (C=O) groups is 1. The first-order valence-electron chi connectivity index (χ1n) is 5.83. The van der Waals surface area contributed by atoms with Gasteiger partial charge in [0.2, 0.25) is 0 Å². The van der Waals surface area contributed by atoms with Gasteiger partial charge in [0, 0.05) is 12.6 Å². The maximum atomic E-state index is 10.9. The van der Waals surface area contributed by atoms with E-state index in [0.29, 0.717) is 12.4 Å². The van der Waals surface area contributed by atoms with E-state index in [1.165, 1.54) is 12.1 Å². The second-order valence-corrected chi connectivity index (χ2v) is 4.80. The number of aromatic nitrogens is 1. The van der Waals surface area contributed by atoms with Crippen LogP contribution in [0.2, 0.25) is 5.15 Å². The maximum Gasteiger partial charge on any atom is 0.335 e. The van der Waals surface area contributed by atoms with Crippen LogP contribution in [0.3, 0.4) is 0 Å². The second kappa shape index (κ2) is 5.54. The zero-order chi connectivity index (χ0) is 13.1. The number of carboxylic acids is 1. The van der Waals surface area contributed by atoms with Crippen molar-refractivity contribution in [3.8, 4) is 0 Å². The highest BCUT2D eigenvalue weighted by Crippen LogP contribution is 2.20. The molecule has 98 valence electrons. The van der Waals surface area contributed by atoms with Gasteiger partial charge in [0.05, 0.1) is 11.7 Å². The average Bonchev–Trinajstić information content (AvgIpc) is 2.28. The Morgan fingerprint density at radius 1 is 1.61 bits per heavy atom. The molecule has 5 nitrogen and oxygen atoms in total. The summed E-state index contributed by atoms with van der Waals surface area (Å²) in [5.41, 5.74) is 0.137. The van der Waals surface area contributed by atoms with Gasteiger partial charge in [0.15, 0.2) is 0 Å². The summed E-state index contributed by atoms with van der Waals surface area (Å²) < 4.78 is 5.45. The number of nitrogens with zero attached hydrogens (tertiary/aromatic N) is 1. The highest BCUT2D eigenvalue weighted by molar-refractivity contribution is 6.29. The van der Waals surface area contributed by atoms with Crippen molar-refractivity contribution in [3.63, 3.8) is 0 Å². The molecule has 2 unspecified atom stereocenters. The van der Waals surface area contributed by atoms with Gasteiger partial charge in [-0.05, 0) is 31.9 Å². The fraction of sp³-hybridized carbons (Fsp3) is 0.500. The number of aromatic carboxylic acids is 1. The van der Waals surface area contributed by atoms with Crippen molar-refractivity contribution in [2.45, 2.75) is 31.9 Å². The molecular weight excluding hydrogens is 256 g/mol. The van der Waals surface area contributed by atoms with Crippen LogP contribution < -0.4 is 5.32 Å². The van der Waals surface area contributed by atoms with E-state index in [1.807, 2.05) is 6.92 Å². The highest BCUT2D eigenvalue weighted by Gasteiger charge is 2.20. The molecule has 6 heteroatoms. The third kappa shape index (κ3) is 3.34. The number of ether oxygens (including phenoxy) is 1. The zero-order valence-electron chi connectivity index (χ0n) is 10.0. The number of hydrogen-bond acceptors (Lipinski definition) is 4. The van der Waals surface area contributed by atoms with Crippen molar-refractivity contribution in [1.82, 2.24) is 4.98 Å². The quantitative estimate of drug-likeness (QED) is 0.826. The highest BCUT2D eigenvalue weighted by atomic mass is 35.5. The lowest BCUT2D eigenvalue weighted by atomic mass is 10.0. The van der Waals surface area contributed by atoms with Crippen molar-refractivity contribution < 1.29 is 14.6 Å². The van der Waals surface area contributed by atoms with Crippen LogP contribution in [-0.4, -0.2) is 34.8 Å². The van der Waals surface area contributed by atoms with E-state index in [4.69, 9.17) is 21.4 Å². The normalized spacial score (nSPS) is 23.7. The monoisotopic (exact) mass is 270 g/mol. The molecule has 0 bridgehead atoms. The van der Waals surface area contributed by atoms with Gasteiger partial charge >= 0.3 is 5.97 Å². The van der Waals surface area contributed by atoms with Crippen molar-refractivity contribution >= 4 is 23.4 Å². The summed E-state index contributed by atoms with van der Waals surface area (Å²) in [6.45, 7) is 2.72. The summed E-state index contributed by atoms with van der Waals surface area (Å²) in [5.74, 6) is -0.512. The molecule has 2 N–H and O–H groups in total. The Labute approximate surface area is 110 Å². The third-order valence-corrected chi connectivity index (χ3v) is 3.07. The molecule has 0 aromatic carbocycles. The van der Waals surface area contributed by atoms with Crippen molar-refractivity contribution in [2.75, 3.05) is 11.9 Å². The van der Waals surface area contributed by atoms with Crippen LogP contribution >= 0.6 is 11.6 Å². The molecular formula is C12H15ClN2O3. The van der Waals surface area contributed by atoms with Crippen molar-refractivity contribution in [1.29, 1.82) is 0 Å². The van der Waals surface area contributed by atoms with Gasteiger partial charge in [-0.15, -0.1) is 0 Å². The molecule has 0 saturated carbocycles. The summed E-state index contributed by atoms with van der Waals surface area (Å²) >= 11 is 5.80. The molecule has 2 heterocycles. The predicted molar refractivity (Wildman–Crippen MR) is 68.3 cm³/mol. The summed E-state index contributed by atoms with van der Waals surface area (Å²) in [7, 11) is 0. The summed E-state index contributed by atoms with van der Waals surface area (Å²) in [4.78, 5) is 15.0. The molecule has 1 aliphatic rings. The molecule has 1 saturated heterocycles. The van der Waals surface area contributed by atoms with Crippen LogP contribution in [0.15, 0.2) is 12.1 Å². The van der Waals surface area contributed by atoms with Crippen LogP contribution in [0, 0.1) is 0 Å². The topological polar surface area (TPSA) is 71.5 Å². The molecule has 1 aliphatic heterocycles. The Morgan fingerprint density at radius 2 is 2.39 bits per heavy atom. The number of pyridine rings is 1. The molecule has 1 aromatic heterocycles. The number of hydrogen-bond donors (Lipinski definition) is 2. The van der Waals surface area contributed by atoms with E-state index >= 15 is 0 Å². The van der Waals surface area contributed by atoms with Crippen LogP contribution in [0.1, 0.15) is 30.1 Å². The lowest BCUT2D eigenvalue weighted by Gasteiger charge is -2.28. The van der Waals surface area contributed by atoms with Crippen LogP contribution in [0.5, 0.6) is 0 Å². The molecule has 1 aromatic rings. The molecule has 0 aliphatic carbocycles. The van der Waals surface area contributed by atoms with E-state index in [9.17, 15) is 4.79 Å².